The van der Waals surface area contributed by atoms with Gasteiger partial charge in [0.1, 0.15) is 0 Å². The fraction of sp³-hybridized carbons (Fsp3) is 0.367. The lowest BCUT2D eigenvalue weighted by molar-refractivity contribution is 0.183. The summed E-state index contributed by atoms with van der Waals surface area (Å²) >= 11 is 0. The van der Waals surface area contributed by atoms with Crippen LogP contribution in [0.25, 0.3) is 11.0 Å². The Labute approximate surface area is 201 Å². The summed E-state index contributed by atoms with van der Waals surface area (Å²) in [5.41, 5.74) is 8.12. The van der Waals surface area contributed by atoms with E-state index in [4.69, 9.17) is 0 Å². The molecule has 2 heterocycles. The second kappa shape index (κ2) is 9.27. The van der Waals surface area contributed by atoms with E-state index < -0.39 is 0 Å². The number of nitrogens with zero attached hydrogens (tertiary/aromatic N) is 2. The van der Waals surface area contributed by atoms with Crippen molar-refractivity contribution in [2.24, 2.45) is 0 Å². The van der Waals surface area contributed by atoms with Crippen LogP contribution in [0.4, 0.5) is 0 Å². The Balaban J connectivity index is 1.11. The van der Waals surface area contributed by atoms with E-state index in [1.54, 1.807) is 0 Å². The van der Waals surface area contributed by atoms with Crippen molar-refractivity contribution >= 4 is 11.0 Å². The molecule has 1 fully saturated rings. The number of rotatable bonds is 5. The summed E-state index contributed by atoms with van der Waals surface area (Å²) in [5.74, 6) is 0.497. The standard InChI is InChI=1S/C30H33N3O/c34-30-31-28-13-5-6-14-29(28)33(30)24-17-20-32(21-18-24)19-7-12-27-25-10-3-1-8-22(25)15-16-23-9-2-4-11-26(23)27/h1-6,8-11,13-14,24,27H,7,12,15-21H2,(H,31,34). The second-order valence-corrected chi connectivity index (χ2v) is 9.98. The molecule has 4 heteroatoms. The first-order valence-corrected chi connectivity index (χ1v) is 12.8. The fourth-order valence-corrected chi connectivity index (χ4v) is 6.31. The van der Waals surface area contributed by atoms with Gasteiger partial charge in [0.05, 0.1) is 11.0 Å². The minimum absolute atomic E-state index is 0.0327. The number of aromatic amines is 1. The first kappa shape index (κ1) is 21.4. The van der Waals surface area contributed by atoms with Crippen molar-refractivity contribution in [1.82, 2.24) is 14.5 Å². The fourth-order valence-electron chi connectivity index (χ4n) is 6.31. The number of piperidine rings is 1. The number of likely N-dealkylation sites (tertiary alicyclic amines) is 1. The average Bonchev–Trinajstić information content (AvgIpc) is 3.13. The van der Waals surface area contributed by atoms with Gasteiger partial charge in [-0.1, -0.05) is 60.7 Å². The van der Waals surface area contributed by atoms with Crippen molar-refractivity contribution in [3.8, 4) is 0 Å². The summed E-state index contributed by atoms with van der Waals surface area (Å²) in [6, 6.07) is 26.5. The third-order valence-electron chi connectivity index (χ3n) is 8.04. The van der Waals surface area contributed by atoms with Crippen LogP contribution in [0, 0.1) is 0 Å². The van der Waals surface area contributed by atoms with Gasteiger partial charge in [-0.05, 0) is 79.5 Å². The Morgan fingerprint density at radius 1 is 0.794 bits per heavy atom. The smallest absolute Gasteiger partial charge is 0.306 e. The van der Waals surface area contributed by atoms with Gasteiger partial charge >= 0.3 is 5.69 Å². The maximum absolute atomic E-state index is 12.6. The van der Waals surface area contributed by atoms with Crippen LogP contribution >= 0.6 is 0 Å². The summed E-state index contributed by atoms with van der Waals surface area (Å²) in [4.78, 5) is 18.2. The van der Waals surface area contributed by atoms with Crippen molar-refractivity contribution in [3.05, 3.63) is 106 Å². The molecule has 0 bridgehead atoms. The molecule has 34 heavy (non-hydrogen) atoms. The highest BCUT2D eigenvalue weighted by Gasteiger charge is 2.25. The molecule has 1 aliphatic heterocycles. The Morgan fingerprint density at radius 3 is 2.12 bits per heavy atom. The number of aryl methyl sites for hydroxylation is 2. The minimum Gasteiger partial charge on any atom is -0.306 e. The van der Waals surface area contributed by atoms with E-state index in [-0.39, 0.29) is 5.69 Å². The van der Waals surface area contributed by atoms with Gasteiger partial charge in [0.2, 0.25) is 0 Å². The normalized spacial score (nSPS) is 17.4. The van der Waals surface area contributed by atoms with Gasteiger partial charge in [-0.2, -0.15) is 0 Å². The first-order valence-electron chi connectivity index (χ1n) is 12.8. The maximum Gasteiger partial charge on any atom is 0.326 e. The summed E-state index contributed by atoms with van der Waals surface area (Å²) in [5, 5.41) is 0. The third kappa shape index (κ3) is 4.01. The Hall–Kier alpha value is -3.11. The van der Waals surface area contributed by atoms with Gasteiger partial charge < -0.3 is 9.88 Å². The highest BCUT2D eigenvalue weighted by atomic mass is 16.1. The molecule has 1 saturated heterocycles. The molecular formula is C30H33N3O. The quantitative estimate of drug-likeness (QED) is 0.424. The number of aromatic nitrogens is 2. The average molecular weight is 452 g/mol. The van der Waals surface area contributed by atoms with Crippen LogP contribution in [0.3, 0.4) is 0 Å². The highest BCUT2D eigenvalue weighted by Crippen LogP contribution is 2.37. The van der Waals surface area contributed by atoms with E-state index >= 15 is 0 Å². The molecule has 0 spiro atoms. The second-order valence-electron chi connectivity index (χ2n) is 9.98. The highest BCUT2D eigenvalue weighted by molar-refractivity contribution is 5.75. The van der Waals surface area contributed by atoms with E-state index in [1.165, 1.54) is 35.1 Å². The number of hydrogen-bond acceptors (Lipinski definition) is 2. The van der Waals surface area contributed by atoms with Crippen LogP contribution < -0.4 is 5.69 Å². The molecule has 0 atom stereocenters. The number of hydrogen-bond donors (Lipinski definition) is 1. The zero-order chi connectivity index (χ0) is 22.9. The number of fused-ring (bicyclic) bond motifs is 3. The predicted molar refractivity (Wildman–Crippen MR) is 139 cm³/mol. The van der Waals surface area contributed by atoms with E-state index in [2.05, 4.69) is 64.5 Å². The molecule has 0 unspecified atom stereocenters. The summed E-state index contributed by atoms with van der Waals surface area (Å²) in [6.07, 6.45) is 6.75. The van der Waals surface area contributed by atoms with Gasteiger partial charge in [-0.15, -0.1) is 0 Å². The molecule has 2 aliphatic rings. The molecule has 1 aliphatic carbocycles. The molecule has 4 nitrogen and oxygen atoms in total. The van der Waals surface area contributed by atoms with Gasteiger partial charge in [-0.3, -0.25) is 4.57 Å². The first-order chi connectivity index (χ1) is 16.8. The number of nitrogens with one attached hydrogen (secondary N) is 1. The van der Waals surface area contributed by atoms with E-state index in [1.807, 2.05) is 22.8 Å². The topological polar surface area (TPSA) is 41.0 Å². The molecule has 0 radical (unpaired) electrons. The van der Waals surface area contributed by atoms with Crippen LogP contribution in [0.2, 0.25) is 0 Å². The van der Waals surface area contributed by atoms with Gasteiger partial charge in [-0.25, -0.2) is 4.79 Å². The summed E-state index contributed by atoms with van der Waals surface area (Å²) < 4.78 is 1.99. The Morgan fingerprint density at radius 2 is 1.41 bits per heavy atom. The van der Waals surface area contributed by atoms with Crippen molar-refractivity contribution in [2.45, 2.75) is 50.5 Å². The monoisotopic (exact) mass is 451 g/mol. The summed E-state index contributed by atoms with van der Waals surface area (Å²) in [7, 11) is 0. The van der Waals surface area contributed by atoms with Crippen molar-refractivity contribution in [3.63, 3.8) is 0 Å². The largest absolute Gasteiger partial charge is 0.326 e. The van der Waals surface area contributed by atoms with Crippen LogP contribution in [0.15, 0.2) is 77.6 Å². The number of H-pyrrole nitrogens is 1. The predicted octanol–water partition coefficient (Wildman–Crippen LogP) is 5.68. The third-order valence-corrected chi connectivity index (χ3v) is 8.04. The number of benzene rings is 3. The lowest BCUT2D eigenvalue weighted by Crippen LogP contribution is -2.37. The number of para-hydroxylation sites is 2. The molecule has 6 rings (SSSR count). The van der Waals surface area contributed by atoms with Gasteiger partial charge in [0, 0.05) is 25.0 Å². The van der Waals surface area contributed by atoms with E-state index in [0.717, 1.165) is 56.4 Å². The van der Waals surface area contributed by atoms with Crippen LogP contribution in [0.5, 0.6) is 0 Å². The zero-order valence-electron chi connectivity index (χ0n) is 19.7. The molecule has 1 N–H and O–H groups in total. The Kier molecular flexibility index (Phi) is 5.84. The lowest BCUT2D eigenvalue weighted by Gasteiger charge is -2.33. The minimum atomic E-state index is 0.0327. The molecule has 1 aromatic heterocycles. The molecule has 174 valence electrons. The Bertz CT molecular complexity index is 1290. The van der Waals surface area contributed by atoms with Crippen molar-refractivity contribution in [2.75, 3.05) is 19.6 Å². The van der Waals surface area contributed by atoms with Crippen molar-refractivity contribution < 1.29 is 0 Å². The van der Waals surface area contributed by atoms with E-state index in [9.17, 15) is 4.79 Å². The summed E-state index contributed by atoms with van der Waals surface area (Å²) in [6.45, 7) is 3.26. The van der Waals surface area contributed by atoms with Gasteiger partial charge in [0.15, 0.2) is 0 Å². The molecule has 0 amide bonds. The molecular weight excluding hydrogens is 418 g/mol. The number of imidazole rings is 1. The SMILES string of the molecule is O=c1[nH]c2ccccc2n1C1CCN(CCCC2c3ccccc3CCc3ccccc32)CC1. The van der Waals surface area contributed by atoms with E-state index in [0.29, 0.717) is 12.0 Å². The zero-order valence-corrected chi connectivity index (χ0v) is 19.7. The lowest BCUT2D eigenvalue weighted by atomic mass is 9.84. The van der Waals surface area contributed by atoms with Gasteiger partial charge in [0.25, 0.3) is 0 Å². The van der Waals surface area contributed by atoms with Crippen molar-refractivity contribution in [1.29, 1.82) is 0 Å². The molecule has 3 aromatic carbocycles. The maximum atomic E-state index is 12.6. The van der Waals surface area contributed by atoms with Crippen LogP contribution in [-0.4, -0.2) is 34.1 Å². The van der Waals surface area contributed by atoms with Crippen LogP contribution in [-0.2, 0) is 12.8 Å². The van der Waals surface area contributed by atoms with Crippen LogP contribution in [0.1, 0.15) is 59.9 Å². The molecule has 4 aromatic rings. The molecule has 0 saturated carbocycles.